The van der Waals surface area contributed by atoms with Crippen molar-refractivity contribution in [3.05, 3.63) is 23.8 Å². The molecule has 0 unspecified atom stereocenters. The molecule has 1 fully saturated rings. The topological polar surface area (TPSA) is 66.9 Å². The minimum absolute atomic E-state index is 0.0436. The van der Waals surface area contributed by atoms with Gasteiger partial charge in [0.1, 0.15) is 0 Å². The summed E-state index contributed by atoms with van der Waals surface area (Å²) in [7, 11) is -1.94. The summed E-state index contributed by atoms with van der Waals surface area (Å²) in [4.78, 5) is 13.5. The number of carbonyl (C=O) groups excluding carboxylic acids is 1. The second kappa shape index (κ2) is 5.64. The van der Waals surface area contributed by atoms with Crippen molar-refractivity contribution in [1.82, 2.24) is 4.31 Å². The molecule has 3 rings (SSSR count). The molecule has 1 amide bonds. The van der Waals surface area contributed by atoms with Crippen molar-refractivity contribution in [3.8, 4) is 0 Å². The fourth-order valence-corrected chi connectivity index (χ4v) is 4.61. The van der Waals surface area contributed by atoms with E-state index in [0.29, 0.717) is 26.1 Å². The predicted octanol–water partition coefficient (Wildman–Crippen LogP) is 1.01. The molecule has 1 saturated heterocycles. The first-order chi connectivity index (χ1) is 10.4. The Hall–Kier alpha value is -1.44. The lowest BCUT2D eigenvalue weighted by molar-refractivity contribution is -0.116. The zero-order chi connectivity index (χ0) is 15.9. The normalized spacial score (nSPS) is 22.1. The summed E-state index contributed by atoms with van der Waals surface area (Å²) in [6, 6.07) is 5.08. The molecule has 0 bridgehead atoms. The third-order valence-electron chi connectivity index (χ3n) is 4.41. The summed E-state index contributed by atoms with van der Waals surface area (Å²) in [5, 5.41) is 0. The van der Waals surface area contributed by atoms with Gasteiger partial charge in [-0.1, -0.05) is 6.07 Å². The highest BCUT2D eigenvalue weighted by molar-refractivity contribution is 7.89. The van der Waals surface area contributed by atoms with Crippen molar-refractivity contribution in [1.29, 1.82) is 0 Å². The van der Waals surface area contributed by atoms with E-state index in [2.05, 4.69) is 0 Å². The molecule has 7 heteroatoms. The predicted molar refractivity (Wildman–Crippen MR) is 82.3 cm³/mol. The van der Waals surface area contributed by atoms with E-state index in [1.54, 1.807) is 24.1 Å². The number of benzene rings is 1. The second-order valence-corrected chi connectivity index (χ2v) is 7.66. The zero-order valence-electron chi connectivity index (χ0n) is 12.8. The van der Waals surface area contributed by atoms with Crippen LogP contribution in [0.15, 0.2) is 23.1 Å². The molecule has 22 heavy (non-hydrogen) atoms. The lowest BCUT2D eigenvalue weighted by Gasteiger charge is -2.19. The van der Waals surface area contributed by atoms with Crippen LogP contribution in [0.5, 0.6) is 0 Å². The molecular formula is C15H20N2O4S. The van der Waals surface area contributed by atoms with E-state index in [4.69, 9.17) is 4.74 Å². The van der Waals surface area contributed by atoms with Gasteiger partial charge in [-0.3, -0.25) is 4.79 Å². The van der Waals surface area contributed by atoms with Gasteiger partial charge in [0, 0.05) is 39.4 Å². The van der Waals surface area contributed by atoms with Crippen LogP contribution in [0.4, 0.5) is 5.69 Å². The van der Waals surface area contributed by atoms with E-state index in [9.17, 15) is 13.2 Å². The van der Waals surface area contributed by atoms with Gasteiger partial charge in [-0.15, -0.1) is 0 Å². The summed E-state index contributed by atoms with van der Waals surface area (Å²) >= 11 is 0. The van der Waals surface area contributed by atoms with Crippen molar-refractivity contribution in [2.45, 2.75) is 30.8 Å². The van der Waals surface area contributed by atoms with Crippen LogP contribution in [0, 0.1) is 0 Å². The van der Waals surface area contributed by atoms with Crippen molar-refractivity contribution in [3.63, 3.8) is 0 Å². The van der Waals surface area contributed by atoms with E-state index in [-0.39, 0.29) is 16.9 Å². The van der Waals surface area contributed by atoms with Crippen molar-refractivity contribution in [2.24, 2.45) is 0 Å². The molecule has 2 heterocycles. The van der Waals surface area contributed by atoms with Gasteiger partial charge in [-0.05, 0) is 30.5 Å². The van der Waals surface area contributed by atoms with Gasteiger partial charge in [0.15, 0.2) is 0 Å². The smallest absolute Gasteiger partial charge is 0.243 e. The number of anilines is 1. The molecule has 0 radical (unpaired) electrons. The Bertz CT molecular complexity index is 701. The summed E-state index contributed by atoms with van der Waals surface area (Å²) in [5.74, 6) is -0.0612. The van der Waals surface area contributed by atoms with E-state index >= 15 is 0 Å². The van der Waals surface area contributed by atoms with E-state index in [1.807, 2.05) is 6.07 Å². The maximum absolute atomic E-state index is 12.7. The quantitative estimate of drug-likeness (QED) is 0.832. The summed E-state index contributed by atoms with van der Waals surface area (Å²) in [6.07, 6.45) is 1.43. The SMILES string of the molecule is CO[C@H]1CCN(S(=O)(=O)c2ccc3c(c2)N(C(C)=O)CC3)C1. The summed E-state index contributed by atoms with van der Waals surface area (Å²) in [5.41, 5.74) is 1.74. The molecule has 2 aliphatic rings. The van der Waals surface area contributed by atoms with Gasteiger partial charge in [-0.2, -0.15) is 4.31 Å². The maximum Gasteiger partial charge on any atom is 0.243 e. The highest BCUT2D eigenvalue weighted by atomic mass is 32.2. The largest absolute Gasteiger partial charge is 0.380 e. The number of amides is 1. The van der Waals surface area contributed by atoms with Crippen molar-refractivity contribution >= 4 is 21.6 Å². The Labute approximate surface area is 130 Å². The zero-order valence-corrected chi connectivity index (χ0v) is 13.6. The number of hydrogen-bond donors (Lipinski definition) is 0. The number of rotatable bonds is 3. The van der Waals surface area contributed by atoms with Crippen LogP contribution in [0.25, 0.3) is 0 Å². The molecule has 1 atom stereocenters. The first-order valence-corrected chi connectivity index (χ1v) is 8.81. The molecule has 0 saturated carbocycles. The van der Waals surface area contributed by atoms with Gasteiger partial charge in [0.2, 0.25) is 15.9 Å². The van der Waals surface area contributed by atoms with Crippen LogP contribution < -0.4 is 4.90 Å². The Morgan fingerprint density at radius 2 is 2.09 bits per heavy atom. The van der Waals surface area contributed by atoms with E-state index in [0.717, 1.165) is 17.7 Å². The van der Waals surface area contributed by atoms with E-state index in [1.165, 1.54) is 11.2 Å². The van der Waals surface area contributed by atoms with Gasteiger partial charge < -0.3 is 9.64 Å². The fraction of sp³-hybridized carbons (Fsp3) is 0.533. The highest BCUT2D eigenvalue weighted by Gasteiger charge is 2.33. The molecule has 0 spiro atoms. The van der Waals surface area contributed by atoms with Crippen LogP contribution in [-0.4, -0.2) is 51.5 Å². The van der Waals surface area contributed by atoms with E-state index < -0.39 is 10.0 Å². The average molecular weight is 324 g/mol. The molecule has 120 valence electrons. The monoisotopic (exact) mass is 324 g/mol. The van der Waals surface area contributed by atoms with Gasteiger partial charge >= 0.3 is 0 Å². The summed E-state index contributed by atoms with van der Waals surface area (Å²) < 4.78 is 32.2. The number of fused-ring (bicyclic) bond motifs is 1. The van der Waals surface area contributed by atoms with Crippen LogP contribution in [0.2, 0.25) is 0 Å². The lowest BCUT2D eigenvalue weighted by Crippen LogP contribution is -2.30. The molecule has 6 nitrogen and oxygen atoms in total. The molecule has 1 aromatic rings. The number of ether oxygens (including phenoxy) is 1. The minimum atomic E-state index is -3.54. The van der Waals surface area contributed by atoms with Gasteiger partial charge in [-0.25, -0.2) is 8.42 Å². The highest BCUT2D eigenvalue weighted by Crippen LogP contribution is 2.32. The second-order valence-electron chi connectivity index (χ2n) is 5.72. The Morgan fingerprint density at radius 3 is 2.73 bits per heavy atom. The third kappa shape index (κ3) is 2.53. The van der Waals surface area contributed by atoms with Crippen molar-refractivity contribution in [2.75, 3.05) is 31.6 Å². The molecule has 1 aromatic carbocycles. The maximum atomic E-state index is 12.7. The Kier molecular flexibility index (Phi) is 3.96. The average Bonchev–Trinajstić information content (AvgIpc) is 3.13. The fourth-order valence-electron chi connectivity index (χ4n) is 3.10. The van der Waals surface area contributed by atoms with Crippen molar-refractivity contribution < 1.29 is 17.9 Å². The number of sulfonamides is 1. The van der Waals surface area contributed by atoms with Crippen LogP contribution in [0.1, 0.15) is 18.9 Å². The molecule has 2 aliphatic heterocycles. The Morgan fingerprint density at radius 1 is 1.32 bits per heavy atom. The molecule has 0 aliphatic carbocycles. The number of carbonyl (C=O) groups is 1. The lowest BCUT2D eigenvalue weighted by atomic mass is 10.2. The van der Waals surface area contributed by atoms with Gasteiger partial charge in [0.25, 0.3) is 0 Å². The van der Waals surface area contributed by atoms with Crippen LogP contribution >= 0.6 is 0 Å². The summed E-state index contributed by atoms with van der Waals surface area (Å²) in [6.45, 7) is 2.96. The number of methoxy groups -OCH3 is 1. The molecular weight excluding hydrogens is 304 g/mol. The van der Waals surface area contributed by atoms with Crippen LogP contribution in [0.3, 0.4) is 0 Å². The third-order valence-corrected chi connectivity index (χ3v) is 6.27. The standard InChI is InChI=1S/C15H20N2O4S/c1-11(18)17-8-5-12-3-4-14(9-15(12)17)22(19,20)16-7-6-13(10-16)21-2/h3-4,9,13H,5-8,10H2,1-2H3/t13-/m0/s1. The molecule has 0 N–H and O–H groups in total. The Balaban J connectivity index is 1.93. The first kappa shape index (κ1) is 15.5. The number of nitrogens with zero attached hydrogens (tertiary/aromatic N) is 2. The van der Waals surface area contributed by atoms with Crippen LogP contribution in [-0.2, 0) is 26.0 Å². The first-order valence-electron chi connectivity index (χ1n) is 7.37. The van der Waals surface area contributed by atoms with Gasteiger partial charge in [0.05, 0.1) is 11.0 Å². The minimum Gasteiger partial charge on any atom is -0.380 e. The molecule has 0 aromatic heterocycles. The number of hydrogen-bond acceptors (Lipinski definition) is 4.